The Morgan fingerprint density at radius 2 is 0.933 bits per heavy atom. The van der Waals surface area contributed by atoms with Crippen LogP contribution in [0.15, 0.2) is 152 Å². The van der Waals surface area contributed by atoms with Gasteiger partial charge in [-0.1, -0.05) is 105 Å². The van der Waals surface area contributed by atoms with Gasteiger partial charge in [0.05, 0.1) is 27.4 Å². The predicted octanol–water partition coefficient (Wildman–Crippen LogP) is 11.8. The van der Waals surface area contributed by atoms with E-state index in [4.69, 9.17) is 9.47 Å². The average Bonchev–Trinajstić information content (AvgIpc) is 3.04. The first-order valence-corrected chi connectivity index (χ1v) is 18.7. The van der Waals surface area contributed by atoms with Crippen LogP contribution in [0.5, 0.6) is 23.0 Å². The zero-order valence-corrected chi connectivity index (χ0v) is 30.8. The summed E-state index contributed by atoms with van der Waals surface area (Å²) in [6, 6.07) is 31.0. The van der Waals surface area contributed by atoms with E-state index in [2.05, 4.69) is 63.7 Å². The summed E-state index contributed by atoms with van der Waals surface area (Å²) in [6.07, 6.45) is 11.7. The lowest BCUT2D eigenvalue weighted by Gasteiger charge is -2.28. The van der Waals surface area contributed by atoms with Crippen molar-refractivity contribution in [3.05, 3.63) is 163 Å². The van der Waals surface area contributed by atoms with Gasteiger partial charge in [-0.3, -0.25) is 0 Å². The molecule has 0 saturated heterocycles. The molecule has 2 atom stereocenters. The fraction of sp³-hybridized carbons (Fsp3) is 0.111. The largest absolute Gasteiger partial charge is 0.456 e. The minimum absolute atomic E-state index is 0.290. The van der Waals surface area contributed by atoms with Gasteiger partial charge in [-0.25, -0.2) is 8.42 Å². The fourth-order valence-corrected chi connectivity index (χ4v) is 8.29. The van der Waals surface area contributed by atoms with E-state index in [1.165, 1.54) is 0 Å². The second-order valence-corrected chi connectivity index (χ2v) is 17.1. The number of ether oxygens (including phenoxy) is 2. The SMILES string of the molecule is O=S(=O)(C1=CCC(Br)(c2ccc(Oc3ccccc3Br)cc2)C=C1)C1=CCC(Br)(c2ccc(Oc3ccccc3Br)cc2)C=C1. The van der Waals surface area contributed by atoms with Crippen molar-refractivity contribution in [3.63, 3.8) is 0 Å². The number of alkyl halides is 2. The van der Waals surface area contributed by atoms with Gasteiger partial charge in [-0.05, 0) is 117 Å². The van der Waals surface area contributed by atoms with Gasteiger partial charge in [0.1, 0.15) is 23.0 Å². The average molecular weight is 874 g/mol. The maximum atomic E-state index is 13.6. The minimum atomic E-state index is -3.68. The number of allylic oxidation sites excluding steroid dienone is 6. The lowest BCUT2D eigenvalue weighted by molar-refractivity contribution is 0.479. The molecule has 0 amide bonds. The van der Waals surface area contributed by atoms with E-state index in [-0.39, 0.29) is 9.81 Å². The van der Waals surface area contributed by atoms with Gasteiger partial charge < -0.3 is 9.47 Å². The molecule has 6 rings (SSSR count). The maximum absolute atomic E-state index is 13.6. The van der Waals surface area contributed by atoms with E-state index in [1.54, 1.807) is 24.3 Å². The zero-order chi connectivity index (χ0) is 31.7. The Bertz CT molecular complexity index is 1830. The molecule has 4 aromatic rings. The van der Waals surface area contributed by atoms with E-state index < -0.39 is 18.5 Å². The Hall–Kier alpha value is -2.69. The first-order valence-electron chi connectivity index (χ1n) is 14.0. The molecular formula is C36H26Br4O4S. The Morgan fingerprint density at radius 3 is 1.27 bits per heavy atom. The quantitative estimate of drug-likeness (QED) is 0.166. The number of halogens is 4. The predicted molar refractivity (Wildman–Crippen MR) is 195 cm³/mol. The molecule has 2 unspecified atom stereocenters. The molecule has 228 valence electrons. The Morgan fingerprint density at radius 1 is 0.556 bits per heavy atom. The van der Waals surface area contributed by atoms with Crippen molar-refractivity contribution >= 4 is 73.6 Å². The van der Waals surface area contributed by atoms with Gasteiger partial charge in [-0.15, -0.1) is 0 Å². The second-order valence-electron chi connectivity index (χ2n) is 10.6. The third-order valence-electron chi connectivity index (χ3n) is 7.64. The molecule has 0 heterocycles. The van der Waals surface area contributed by atoms with E-state index in [1.807, 2.05) is 109 Å². The monoisotopic (exact) mass is 870 g/mol. The topological polar surface area (TPSA) is 52.6 Å². The highest BCUT2D eigenvalue weighted by Gasteiger charge is 2.34. The molecule has 0 aromatic heterocycles. The van der Waals surface area contributed by atoms with Crippen molar-refractivity contribution in [3.8, 4) is 23.0 Å². The summed E-state index contributed by atoms with van der Waals surface area (Å²) in [5.74, 6) is 2.89. The van der Waals surface area contributed by atoms with Gasteiger partial charge in [0, 0.05) is 0 Å². The molecule has 0 saturated carbocycles. The fourth-order valence-electron chi connectivity index (χ4n) is 5.07. The van der Waals surface area contributed by atoms with Crippen molar-refractivity contribution in [2.24, 2.45) is 0 Å². The molecule has 0 spiro atoms. The van der Waals surface area contributed by atoms with E-state index in [0.29, 0.717) is 24.3 Å². The van der Waals surface area contributed by atoms with Crippen molar-refractivity contribution in [1.29, 1.82) is 0 Å². The summed E-state index contributed by atoms with van der Waals surface area (Å²) in [4.78, 5) is 0.580. The van der Waals surface area contributed by atoms with E-state index >= 15 is 0 Å². The lowest BCUT2D eigenvalue weighted by Crippen LogP contribution is -2.20. The first kappa shape index (κ1) is 32.3. The Labute approximate surface area is 297 Å². The van der Waals surface area contributed by atoms with Crippen LogP contribution in [-0.2, 0) is 18.5 Å². The van der Waals surface area contributed by atoms with Crippen LogP contribution >= 0.6 is 63.7 Å². The van der Waals surface area contributed by atoms with Crippen molar-refractivity contribution in [2.75, 3.05) is 0 Å². The smallest absolute Gasteiger partial charge is 0.205 e. The molecular weight excluding hydrogens is 848 g/mol. The van der Waals surface area contributed by atoms with Gasteiger partial charge >= 0.3 is 0 Å². The maximum Gasteiger partial charge on any atom is 0.205 e. The molecule has 4 nitrogen and oxygen atoms in total. The Kier molecular flexibility index (Phi) is 9.46. The molecule has 0 N–H and O–H groups in total. The number of para-hydroxylation sites is 2. The number of hydrogen-bond donors (Lipinski definition) is 0. The van der Waals surface area contributed by atoms with Crippen molar-refractivity contribution in [2.45, 2.75) is 21.5 Å². The highest BCUT2D eigenvalue weighted by atomic mass is 79.9. The molecule has 0 aliphatic heterocycles. The number of hydrogen-bond acceptors (Lipinski definition) is 4. The first-order chi connectivity index (χ1) is 21.6. The van der Waals surface area contributed by atoms with Crippen LogP contribution in [0.3, 0.4) is 0 Å². The summed E-state index contributed by atoms with van der Waals surface area (Å²) >= 11 is 14.7. The van der Waals surface area contributed by atoms with E-state index in [0.717, 1.165) is 31.6 Å². The lowest BCUT2D eigenvalue weighted by atomic mass is 9.92. The summed E-state index contributed by atoms with van der Waals surface area (Å²) in [5.41, 5.74) is 2.00. The summed E-state index contributed by atoms with van der Waals surface area (Å²) in [6.45, 7) is 0. The highest BCUT2D eigenvalue weighted by molar-refractivity contribution is 9.11. The van der Waals surface area contributed by atoms with Crippen molar-refractivity contribution < 1.29 is 17.9 Å². The molecule has 9 heteroatoms. The van der Waals surface area contributed by atoms with Gasteiger partial charge in [-0.2, -0.15) is 0 Å². The standard InChI is InChI=1S/C36H26Br4O4S/c37-31-5-1-3-7-33(31)43-27-13-9-25(10-14-27)35(39)21-17-29(18-22-35)45(41,42)30-19-23-36(40,24-20-30)26-11-15-28(16-12-26)44-34-8-4-2-6-32(34)38/h1-21,23H,22,24H2. The van der Waals surface area contributed by atoms with Gasteiger partial charge in [0.2, 0.25) is 9.84 Å². The third-order valence-corrected chi connectivity index (χ3v) is 12.9. The molecule has 0 bridgehead atoms. The van der Waals surface area contributed by atoms with Crippen LogP contribution in [0.1, 0.15) is 24.0 Å². The molecule has 45 heavy (non-hydrogen) atoms. The van der Waals surface area contributed by atoms with Gasteiger partial charge in [0.15, 0.2) is 0 Å². The highest BCUT2D eigenvalue weighted by Crippen LogP contribution is 2.45. The van der Waals surface area contributed by atoms with E-state index in [9.17, 15) is 8.42 Å². The number of benzene rings is 4. The Balaban J connectivity index is 1.11. The van der Waals surface area contributed by atoms with Crippen LogP contribution in [0.25, 0.3) is 0 Å². The molecule has 2 aliphatic carbocycles. The zero-order valence-electron chi connectivity index (χ0n) is 23.7. The third kappa shape index (κ3) is 7.03. The molecule has 4 aromatic carbocycles. The van der Waals surface area contributed by atoms with Crippen LogP contribution in [0.2, 0.25) is 0 Å². The number of sulfone groups is 1. The second kappa shape index (κ2) is 13.2. The normalized spacial score (nSPS) is 21.2. The molecule has 0 fully saturated rings. The molecule has 0 radical (unpaired) electrons. The molecule has 2 aliphatic rings. The van der Waals surface area contributed by atoms with Gasteiger partial charge in [0.25, 0.3) is 0 Å². The van der Waals surface area contributed by atoms with Crippen LogP contribution in [0.4, 0.5) is 0 Å². The number of rotatable bonds is 8. The summed E-state index contributed by atoms with van der Waals surface area (Å²) < 4.78 is 39.9. The van der Waals surface area contributed by atoms with Crippen LogP contribution in [0, 0.1) is 0 Å². The minimum Gasteiger partial charge on any atom is -0.456 e. The van der Waals surface area contributed by atoms with Crippen molar-refractivity contribution in [1.82, 2.24) is 0 Å². The summed E-state index contributed by atoms with van der Waals surface area (Å²) in [7, 11) is -3.68. The van der Waals surface area contributed by atoms with Crippen LogP contribution in [-0.4, -0.2) is 8.42 Å². The van der Waals surface area contributed by atoms with Crippen LogP contribution < -0.4 is 9.47 Å². The summed E-state index contributed by atoms with van der Waals surface area (Å²) in [5, 5.41) is 0.